The minimum absolute atomic E-state index is 0.132. The summed E-state index contributed by atoms with van der Waals surface area (Å²) >= 11 is 6.22. The van der Waals surface area contributed by atoms with E-state index in [2.05, 4.69) is 10.2 Å². The topological polar surface area (TPSA) is 64.8 Å². The molecule has 7 heteroatoms. The van der Waals surface area contributed by atoms with Gasteiger partial charge in [0.15, 0.2) is 0 Å². The van der Waals surface area contributed by atoms with E-state index in [1.54, 1.807) is 0 Å². The number of aryl methyl sites for hydroxylation is 1. The van der Waals surface area contributed by atoms with Crippen LogP contribution < -0.4 is 0 Å². The van der Waals surface area contributed by atoms with E-state index in [4.69, 9.17) is 11.6 Å². The van der Waals surface area contributed by atoms with E-state index in [1.165, 1.54) is 0 Å². The Morgan fingerprint density at radius 1 is 1.13 bits per heavy atom. The monoisotopic (exact) mass is 351 g/mol. The number of halogens is 1. The quantitative estimate of drug-likeness (QED) is 0.833. The van der Waals surface area contributed by atoms with Crippen molar-refractivity contribution in [3.8, 4) is 0 Å². The molecule has 2 heterocycles. The van der Waals surface area contributed by atoms with Crippen LogP contribution >= 0.6 is 11.6 Å². The third-order valence-electron chi connectivity index (χ3n) is 4.86. The number of sulfone groups is 1. The number of hydrogen-bond acceptors (Lipinski definition) is 4. The predicted octanol–water partition coefficient (Wildman–Crippen LogP) is 3.12. The van der Waals surface area contributed by atoms with Crippen LogP contribution in [0.4, 0.5) is 0 Å². The first kappa shape index (κ1) is 15.1. The maximum atomic E-state index is 13.2. The molecule has 1 aliphatic heterocycles. The Kier molecular flexibility index (Phi) is 3.69. The van der Waals surface area contributed by atoms with Gasteiger partial charge in [-0.15, -0.1) is 10.2 Å². The van der Waals surface area contributed by atoms with E-state index in [-0.39, 0.29) is 5.16 Å². The molecule has 122 valence electrons. The number of aromatic nitrogens is 3. The minimum Gasteiger partial charge on any atom is -0.302 e. The van der Waals surface area contributed by atoms with E-state index >= 15 is 0 Å². The van der Waals surface area contributed by atoms with Crippen molar-refractivity contribution in [2.75, 3.05) is 0 Å². The van der Waals surface area contributed by atoms with Crippen LogP contribution in [0.15, 0.2) is 23.4 Å². The zero-order valence-electron chi connectivity index (χ0n) is 12.7. The Labute approximate surface area is 140 Å². The van der Waals surface area contributed by atoms with Gasteiger partial charge in [-0.1, -0.05) is 30.2 Å². The van der Waals surface area contributed by atoms with Gasteiger partial charge in [0.25, 0.3) is 0 Å². The highest BCUT2D eigenvalue weighted by Gasteiger charge is 2.39. The van der Waals surface area contributed by atoms with Gasteiger partial charge in [-0.2, -0.15) is 0 Å². The average Bonchev–Trinajstić information content (AvgIpc) is 3.07. The Morgan fingerprint density at radius 3 is 2.87 bits per heavy atom. The van der Waals surface area contributed by atoms with Crippen molar-refractivity contribution in [1.82, 2.24) is 14.8 Å². The molecule has 0 bridgehead atoms. The van der Waals surface area contributed by atoms with Gasteiger partial charge >= 0.3 is 0 Å². The van der Waals surface area contributed by atoms with Crippen molar-refractivity contribution in [1.29, 1.82) is 0 Å². The van der Waals surface area contributed by atoms with E-state index in [9.17, 15) is 8.42 Å². The minimum atomic E-state index is -3.55. The van der Waals surface area contributed by atoms with Gasteiger partial charge in [0.1, 0.15) is 5.82 Å². The summed E-state index contributed by atoms with van der Waals surface area (Å²) in [6.07, 6.45) is 5.17. The number of fused-ring (bicyclic) bond motifs is 2. The molecular weight excluding hydrogens is 334 g/mol. The Bertz CT molecular complexity index is 860. The molecule has 1 aromatic carbocycles. The van der Waals surface area contributed by atoms with Crippen LogP contribution in [0, 0.1) is 0 Å². The molecule has 2 aromatic rings. The Balaban J connectivity index is 1.79. The van der Waals surface area contributed by atoms with Crippen molar-refractivity contribution < 1.29 is 8.42 Å². The summed E-state index contributed by atoms with van der Waals surface area (Å²) < 4.78 is 28.2. The summed E-state index contributed by atoms with van der Waals surface area (Å²) in [6.45, 7) is 0.687. The molecule has 1 atom stereocenters. The lowest BCUT2D eigenvalue weighted by molar-refractivity contribution is 0.537. The molecule has 2 aliphatic rings. The van der Waals surface area contributed by atoms with Gasteiger partial charge < -0.3 is 4.57 Å². The fourth-order valence-electron chi connectivity index (χ4n) is 3.69. The SMILES string of the molecule is O=S(=O)(c1nnc2n1CCCCC2)C1CCc2c(Cl)cccc21. The summed E-state index contributed by atoms with van der Waals surface area (Å²) in [5.41, 5.74) is 1.78. The van der Waals surface area contributed by atoms with Crippen molar-refractivity contribution >= 4 is 21.4 Å². The first-order chi connectivity index (χ1) is 11.1. The fourth-order valence-corrected chi connectivity index (χ4v) is 5.86. The molecule has 23 heavy (non-hydrogen) atoms. The number of benzene rings is 1. The third kappa shape index (κ3) is 2.39. The largest absolute Gasteiger partial charge is 0.302 e. The summed E-state index contributed by atoms with van der Waals surface area (Å²) in [5, 5.41) is 8.40. The predicted molar refractivity (Wildman–Crippen MR) is 87.3 cm³/mol. The van der Waals surface area contributed by atoms with Crippen LogP contribution in [-0.4, -0.2) is 23.2 Å². The maximum absolute atomic E-state index is 13.2. The van der Waals surface area contributed by atoms with Gasteiger partial charge in [0.2, 0.25) is 15.0 Å². The van der Waals surface area contributed by atoms with Crippen molar-refractivity contribution in [2.24, 2.45) is 0 Å². The zero-order chi connectivity index (χ0) is 16.0. The summed E-state index contributed by atoms with van der Waals surface area (Å²) in [7, 11) is -3.55. The van der Waals surface area contributed by atoms with Gasteiger partial charge in [-0.25, -0.2) is 8.42 Å². The lowest BCUT2D eigenvalue weighted by Gasteiger charge is -2.14. The first-order valence-electron chi connectivity index (χ1n) is 8.02. The van der Waals surface area contributed by atoms with E-state index in [1.807, 2.05) is 22.8 Å². The molecule has 5 nitrogen and oxygen atoms in total. The van der Waals surface area contributed by atoms with E-state index < -0.39 is 15.1 Å². The van der Waals surface area contributed by atoms with Crippen LogP contribution in [-0.2, 0) is 29.2 Å². The van der Waals surface area contributed by atoms with Gasteiger partial charge in [0, 0.05) is 18.0 Å². The highest BCUT2D eigenvalue weighted by Crippen LogP contribution is 2.42. The smallest absolute Gasteiger partial charge is 0.250 e. The molecule has 0 fully saturated rings. The van der Waals surface area contributed by atoms with Crippen LogP contribution in [0.1, 0.15) is 47.9 Å². The van der Waals surface area contributed by atoms with Crippen LogP contribution in [0.2, 0.25) is 5.02 Å². The molecule has 0 amide bonds. The molecule has 0 N–H and O–H groups in total. The highest BCUT2D eigenvalue weighted by atomic mass is 35.5. The van der Waals surface area contributed by atoms with Crippen molar-refractivity contribution in [3.05, 3.63) is 40.2 Å². The van der Waals surface area contributed by atoms with Crippen molar-refractivity contribution in [3.63, 3.8) is 0 Å². The molecule has 0 saturated heterocycles. The van der Waals surface area contributed by atoms with Crippen LogP contribution in [0.5, 0.6) is 0 Å². The summed E-state index contributed by atoms with van der Waals surface area (Å²) in [6, 6.07) is 5.51. The highest BCUT2D eigenvalue weighted by molar-refractivity contribution is 7.91. The lowest BCUT2D eigenvalue weighted by Crippen LogP contribution is -2.18. The molecular formula is C16H18ClN3O2S. The Hall–Kier alpha value is -1.40. The normalized spacial score (nSPS) is 20.8. The summed E-state index contributed by atoms with van der Waals surface area (Å²) in [5.74, 6) is 0.797. The molecule has 1 aromatic heterocycles. The molecule has 0 saturated carbocycles. The number of rotatable bonds is 2. The van der Waals surface area contributed by atoms with Crippen molar-refractivity contribution in [2.45, 2.75) is 55.5 Å². The van der Waals surface area contributed by atoms with Gasteiger partial charge in [-0.3, -0.25) is 0 Å². The van der Waals surface area contributed by atoms with Crippen LogP contribution in [0.25, 0.3) is 0 Å². The van der Waals surface area contributed by atoms with Gasteiger partial charge in [-0.05, 0) is 42.9 Å². The molecule has 0 radical (unpaired) electrons. The second kappa shape index (κ2) is 5.60. The second-order valence-electron chi connectivity index (χ2n) is 6.24. The Morgan fingerprint density at radius 2 is 2.00 bits per heavy atom. The first-order valence-corrected chi connectivity index (χ1v) is 9.95. The van der Waals surface area contributed by atoms with E-state index in [0.29, 0.717) is 24.4 Å². The fraction of sp³-hybridized carbons (Fsp3) is 0.500. The lowest BCUT2D eigenvalue weighted by atomic mass is 10.1. The average molecular weight is 352 g/mol. The third-order valence-corrected chi connectivity index (χ3v) is 7.27. The number of nitrogens with zero attached hydrogens (tertiary/aromatic N) is 3. The van der Waals surface area contributed by atoms with E-state index in [0.717, 1.165) is 42.6 Å². The molecule has 1 unspecified atom stereocenters. The van der Waals surface area contributed by atoms with Gasteiger partial charge in [0.05, 0.1) is 5.25 Å². The van der Waals surface area contributed by atoms with Crippen LogP contribution in [0.3, 0.4) is 0 Å². The zero-order valence-corrected chi connectivity index (χ0v) is 14.3. The maximum Gasteiger partial charge on any atom is 0.250 e. The molecule has 1 aliphatic carbocycles. The standard InChI is InChI=1S/C16H18ClN3O2S/c17-13-6-4-5-12-11(13)8-9-14(12)23(21,22)16-19-18-15-7-2-1-3-10-20(15)16/h4-6,14H,1-3,7-10H2. The molecule has 4 rings (SSSR count). The molecule has 0 spiro atoms. The number of hydrogen-bond donors (Lipinski definition) is 0. The summed E-state index contributed by atoms with van der Waals surface area (Å²) in [4.78, 5) is 0. The second-order valence-corrected chi connectivity index (χ2v) is 8.67.